The van der Waals surface area contributed by atoms with Gasteiger partial charge in [-0.05, 0) is 51.4 Å². The summed E-state index contributed by atoms with van der Waals surface area (Å²) >= 11 is -36.1. The van der Waals surface area contributed by atoms with Gasteiger partial charge in [-0.2, -0.15) is 0 Å². The fraction of sp³-hybridized carbons (Fsp3) is 1.00. The van der Waals surface area contributed by atoms with Crippen LogP contribution in [0.25, 0.3) is 0 Å². The van der Waals surface area contributed by atoms with Crippen LogP contribution in [0.2, 0.25) is 0 Å². The van der Waals surface area contributed by atoms with Crippen LogP contribution in [0.1, 0.15) is 105 Å². The van der Waals surface area contributed by atoms with Gasteiger partial charge < -0.3 is 4.48 Å². The van der Waals surface area contributed by atoms with E-state index in [-0.39, 0.29) is 0 Å². The first-order valence-electron chi connectivity index (χ1n) is 14.1. The first-order chi connectivity index (χ1) is 22.2. The van der Waals surface area contributed by atoms with Gasteiger partial charge in [0.15, 0.2) is 0 Å². The Morgan fingerprint density at radius 3 is 0.451 bits per heavy atom. The van der Waals surface area contributed by atoms with Gasteiger partial charge in [-0.15, -0.1) is 0 Å². The van der Waals surface area contributed by atoms with E-state index in [0.717, 1.165) is 0 Å². The van der Waals surface area contributed by atoms with Crippen LogP contribution in [0.3, 0.4) is 0 Å². The van der Waals surface area contributed by atoms with E-state index in [1.54, 1.807) is 0 Å². The van der Waals surface area contributed by atoms with Crippen molar-refractivity contribution < 1.29 is 191 Å². The third-order valence-electron chi connectivity index (χ3n) is 4.94. The normalized spacial score (nSPS) is 11.8. The van der Waals surface area contributed by atoms with Crippen molar-refractivity contribution in [3.8, 4) is 0 Å². The van der Waals surface area contributed by atoms with E-state index in [1.165, 1.54) is 108 Å². The van der Waals surface area contributed by atoms with Crippen molar-refractivity contribution in [2.75, 3.05) is 26.2 Å². The van der Waals surface area contributed by atoms with Crippen molar-refractivity contribution in [3.63, 3.8) is 0 Å². The second kappa shape index (κ2) is 36.8. The molecule has 0 fully saturated rings. The van der Waals surface area contributed by atoms with Gasteiger partial charge in [0.05, 0.1) is 26.2 Å². The van der Waals surface area contributed by atoms with E-state index < -0.39 is 100 Å². The van der Waals surface area contributed by atoms with Gasteiger partial charge >= 0.3 is 186 Å². The third kappa shape index (κ3) is 195. The van der Waals surface area contributed by atoms with Crippen molar-refractivity contribution in [3.05, 3.63) is 0 Å². The molecular weight excluding hydrogens is 1210 g/mol. The number of unbranched alkanes of at least 4 members (excludes halogenated alkanes) is 8. The molecule has 0 saturated carbocycles. The molecule has 0 radical (unpaired) electrons. The van der Waals surface area contributed by atoms with Gasteiger partial charge in [-0.1, -0.05) is 53.4 Å². The Morgan fingerprint density at radius 2 is 0.373 bits per heavy atom. The number of hydrogen-bond donors (Lipinski definition) is 0. The van der Waals surface area contributed by atoms with Crippen LogP contribution in [0.4, 0.5) is 0 Å². The van der Waals surface area contributed by atoms with E-state index in [4.69, 9.17) is 85.9 Å². The molecule has 0 amide bonds. The summed E-state index contributed by atoms with van der Waals surface area (Å²) in [5.41, 5.74) is 0. The zero-order chi connectivity index (χ0) is 42.8. The SMILES string of the molecule is CCCCC[N+](CCCCC)(CCCCC)CCCCC.[O]=[Mo](=[O])([O-])[O-].[O]=[Mo](=[O])([O-])[O-].[O]=[Mo](=[O])([O-])[O-].[O]=[Mo](=[O])([O-])[O-].[O]=[Mo](=[O])([O-])[O-].[O]=[Mo](=[O])([O-])[O-]. The van der Waals surface area contributed by atoms with Gasteiger partial charge in [-0.3, -0.25) is 0 Å². The van der Waals surface area contributed by atoms with Gasteiger partial charge in [0.1, 0.15) is 0 Å². The van der Waals surface area contributed by atoms with Crippen LogP contribution in [0, 0.1) is 0 Å². The van der Waals surface area contributed by atoms with Crippen molar-refractivity contribution >= 4 is 0 Å². The minimum absolute atomic E-state index is 1.36. The summed E-state index contributed by atoms with van der Waals surface area (Å²) in [6, 6.07) is 0. The van der Waals surface area contributed by atoms with E-state index in [9.17, 15) is 0 Å². The fourth-order valence-electron chi connectivity index (χ4n) is 3.46. The molecule has 0 unspecified atom stereocenters. The molecule has 25 nitrogen and oxygen atoms in total. The molecular formula is C20H44Mo6NO24-11. The Bertz CT molecular complexity index is 1120. The summed E-state index contributed by atoms with van der Waals surface area (Å²) in [4.78, 5) is 0. The monoisotopic (exact) mass is 1270 g/mol. The zero-order valence-electron chi connectivity index (χ0n) is 28.0. The first-order valence-corrected chi connectivity index (χ1v) is 33.8. The molecule has 0 rings (SSSR count). The van der Waals surface area contributed by atoms with Crippen LogP contribution in [-0.4, -0.2) is 30.7 Å². The molecule has 31 heteroatoms. The van der Waals surface area contributed by atoms with Crippen molar-refractivity contribution in [1.29, 1.82) is 0 Å². The molecule has 0 bridgehead atoms. The minimum atomic E-state index is -6.02. The van der Waals surface area contributed by atoms with Gasteiger partial charge in [0.2, 0.25) is 0 Å². The van der Waals surface area contributed by atoms with E-state index in [1.807, 2.05) is 0 Å². The Balaban J connectivity index is -0.000000105. The molecule has 320 valence electrons. The molecule has 0 aromatic rings. The molecule has 0 atom stereocenters. The summed E-state index contributed by atoms with van der Waals surface area (Å²) in [6.45, 7) is 15.1. The molecule has 0 N–H and O–H groups in total. The van der Waals surface area contributed by atoms with Crippen molar-refractivity contribution in [2.45, 2.75) is 105 Å². The van der Waals surface area contributed by atoms with E-state index >= 15 is 0 Å². The standard InChI is InChI=1S/C20H44N.6Mo.24O/c1-5-9-13-17-21(18-14-10-6-2,19-15-11-7-3)20-16-12-8-4;;;;;;;;;;;;;;;;;;;;;;;;;;;;;;/h5-20H2,1-4H3;;;;;;;;;;;;;;;;;;;;;;;;;;;;;;/q+1;;;;;;;;;;;;;;;;;;;12*-1. The third-order valence-corrected chi connectivity index (χ3v) is 4.94. The van der Waals surface area contributed by atoms with Crippen molar-refractivity contribution in [2.24, 2.45) is 0 Å². The molecule has 0 aromatic heterocycles. The summed E-state index contributed by atoms with van der Waals surface area (Å²) in [7, 11) is 0. The molecule has 0 aromatic carbocycles. The number of hydrogen-bond acceptors (Lipinski definition) is 24. The maximum absolute atomic E-state index is 8.63. The average molecular weight is 1260 g/mol. The summed E-state index contributed by atoms with van der Waals surface area (Å²) < 4.78 is 209. The molecule has 0 aliphatic heterocycles. The molecule has 0 aliphatic rings. The van der Waals surface area contributed by atoms with Crippen LogP contribution in [0.15, 0.2) is 0 Å². The molecule has 0 aliphatic carbocycles. The maximum atomic E-state index is 8.63. The van der Waals surface area contributed by atoms with Crippen LogP contribution in [0.5, 0.6) is 0 Å². The first kappa shape index (κ1) is 67.0. The Hall–Kier alpha value is 1.21. The molecule has 0 spiro atoms. The number of rotatable bonds is 16. The van der Waals surface area contributed by atoms with Crippen LogP contribution >= 0.6 is 0 Å². The Labute approximate surface area is 318 Å². The average Bonchev–Trinajstić information content (AvgIpc) is 2.78. The van der Waals surface area contributed by atoms with E-state index in [0.29, 0.717) is 0 Å². The molecule has 0 heterocycles. The van der Waals surface area contributed by atoms with Crippen LogP contribution < -0.4 is 45.1 Å². The predicted molar refractivity (Wildman–Crippen MR) is 106 cm³/mol. The number of quaternary nitrogens is 1. The predicted octanol–water partition coefficient (Wildman–Crippen LogP) is -9.14. The second-order valence-electron chi connectivity index (χ2n) is 9.51. The Morgan fingerprint density at radius 1 is 0.275 bits per heavy atom. The topological polar surface area (TPSA) is 482 Å². The van der Waals surface area contributed by atoms with Crippen molar-refractivity contribution in [1.82, 2.24) is 0 Å². The summed E-state index contributed by atoms with van der Waals surface area (Å²) in [5, 5.41) is 0. The number of nitrogens with zero attached hydrogens (tertiary/aromatic N) is 1. The van der Waals surface area contributed by atoms with Gasteiger partial charge in [0.25, 0.3) is 0 Å². The molecule has 0 saturated heterocycles. The molecule has 51 heavy (non-hydrogen) atoms. The van der Waals surface area contributed by atoms with E-state index in [2.05, 4.69) is 27.7 Å². The quantitative estimate of drug-likeness (QED) is 0.0786. The van der Waals surface area contributed by atoms with Crippen LogP contribution in [-0.2, 0) is 141 Å². The second-order valence-corrected chi connectivity index (χ2v) is 21.6. The van der Waals surface area contributed by atoms with Gasteiger partial charge in [0, 0.05) is 0 Å². The summed E-state index contributed by atoms with van der Waals surface area (Å²) in [6.07, 6.45) is 16.9. The zero-order valence-corrected chi connectivity index (χ0v) is 40.1. The Kier molecular flexibility index (Phi) is 48.4. The fourth-order valence-corrected chi connectivity index (χ4v) is 3.46. The summed E-state index contributed by atoms with van der Waals surface area (Å²) in [5.74, 6) is 0. The van der Waals surface area contributed by atoms with Gasteiger partial charge in [-0.25, -0.2) is 0 Å².